The van der Waals surface area contributed by atoms with E-state index in [9.17, 15) is 4.39 Å². The Kier molecular flexibility index (Phi) is 9.70. The van der Waals surface area contributed by atoms with Gasteiger partial charge < -0.3 is 25.3 Å². The molecule has 0 bridgehead atoms. The smallest absolute Gasteiger partial charge is 0.193 e. The highest BCUT2D eigenvalue weighted by Crippen LogP contribution is 2.29. The first kappa shape index (κ1) is 22.8. The Labute approximate surface area is 175 Å². The van der Waals surface area contributed by atoms with E-state index in [2.05, 4.69) is 10.3 Å². The van der Waals surface area contributed by atoms with Crippen molar-refractivity contribution in [3.05, 3.63) is 47.8 Å². The van der Waals surface area contributed by atoms with Gasteiger partial charge in [-0.1, -0.05) is 0 Å². The number of aliphatic imine (C=N–C) groups is 1. The summed E-state index contributed by atoms with van der Waals surface area (Å²) < 4.78 is 29.7. The first-order chi connectivity index (χ1) is 12.5. The van der Waals surface area contributed by atoms with Crippen LogP contribution >= 0.6 is 24.0 Å². The maximum Gasteiger partial charge on any atom is 0.193 e. The summed E-state index contributed by atoms with van der Waals surface area (Å²) in [6.45, 7) is 5.09. The maximum absolute atomic E-state index is 13.5. The van der Waals surface area contributed by atoms with Gasteiger partial charge in [-0.05, 0) is 43.7 Å². The van der Waals surface area contributed by atoms with Crippen molar-refractivity contribution >= 4 is 35.6 Å². The van der Waals surface area contributed by atoms with Gasteiger partial charge in [-0.25, -0.2) is 9.38 Å². The van der Waals surface area contributed by atoms with Crippen molar-refractivity contribution in [1.82, 2.24) is 0 Å². The molecule has 0 radical (unpaired) electrons. The number of anilines is 1. The third-order valence-electron chi connectivity index (χ3n) is 3.42. The lowest BCUT2D eigenvalue weighted by Gasteiger charge is -2.14. The zero-order valence-corrected chi connectivity index (χ0v) is 18.0. The number of methoxy groups -OCH3 is 1. The second kappa shape index (κ2) is 11.5. The summed E-state index contributed by atoms with van der Waals surface area (Å²) in [7, 11) is 1.48. The normalized spacial score (nSPS) is 10.7. The minimum Gasteiger partial charge on any atom is -0.497 e. The van der Waals surface area contributed by atoms with Crippen LogP contribution in [-0.4, -0.2) is 26.3 Å². The van der Waals surface area contributed by atoms with Crippen molar-refractivity contribution in [2.75, 3.05) is 25.6 Å². The monoisotopic (exact) mass is 489 g/mol. The average Bonchev–Trinajstić information content (AvgIpc) is 2.62. The van der Waals surface area contributed by atoms with Crippen LogP contribution in [0.15, 0.2) is 41.4 Å². The van der Waals surface area contributed by atoms with Crippen LogP contribution < -0.4 is 25.3 Å². The highest BCUT2D eigenvalue weighted by atomic mass is 127. The molecule has 0 spiro atoms. The van der Waals surface area contributed by atoms with E-state index in [1.807, 2.05) is 26.0 Å². The average molecular weight is 489 g/mol. The van der Waals surface area contributed by atoms with Crippen LogP contribution in [0.2, 0.25) is 0 Å². The molecule has 2 rings (SSSR count). The van der Waals surface area contributed by atoms with E-state index in [1.165, 1.54) is 19.2 Å². The number of nitrogens with zero attached hydrogens (tertiary/aromatic N) is 1. The third kappa shape index (κ3) is 7.12. The number of nitrogens with one attached hydrogen (secondary N) is 1. The Morgan fingerprint density at radius 1 is 1.07 bits per heavy atom. The summed E-state index contributed by atoms with van der Waals surface area (Å²) in [4.78, 5) is 4.25. The molecule has 148 valence electrons. The summed E-state index contributed by atoms with van der Waals surface area (Å²) in [5, 5.41) is 3.01. The Hall–Kier alpha value is -2.23. The minimum absolute atomic E-state index is 0. The standard InChI is InChI=1S/C19H24FN3O3.HI/c1-4-25-15-6-7-18(26-5-2)17(11-15)23-19(21)22-12-13-8-14(20)10-16(9-13)24-3;/h6-11H,4-5,12H2,1-3H3,(H3,21,22,23);1H. The molecule has 0 aromatic heterocycles. The van der Waals surface area contributed by atoms with E-state index in [-0.39, 0.29) is 42.3 Å². The Balaban J connectivity index is 0.00000364. The molecule has 0 saturated carbocycles. The van der Waals surface area contributed by atoms with Crippen LogP contribution in [-0.2, 0) is 6.54 Å². The van der Waals surface area contributed by atoms with Crippen LogP contribution in [0.3, 0.4) is 0 Å². The summed E-state index contributed by atoms with van der Waals surface area (Å²) in [5.41, 5.74) is 7.27. The van der Waals surface area contributed by atoms with Gasteiger partial charge in [-0.15, -0.1) is 24.0 Å². The fourth-order valence-corrected chi connectivity index (χ4v) is 2.33. The van der Waals surface area contributed by atoms with E-state index in [0.29, 0.717) is 41.7 Å². The molecule has 0 aliphatic carbocycles. The summed E-state index contributed by atoms with van der Waals surface area (Å²) >= 11 is 0. The minimum atomic E-state index is -0.385. The lowest BCUT2D eigenvalue weighted by atomic mass is 10.2. The first-order valence-electron chi connectivity index (χ1n) is 8.35. The predicted molar refractivity (Wildman–Crippen MR) is 116 cm³/mol. The molecule has 0 aliphatic heterocycles. The first-order valence-corrected chi connectivity index (χ1v) is 8.35. The van der Waals surface area contributed by atoms with E-state index in [4.69, 9.17) is 19.9 Å². The van der Waals surface area contributed by atoms with Crippen molar-refractivity contribution in [3.63, 3.8) is 0 Å². The Bertz CT molecular complexity index is 772. The van der Waals surface area contributed by atoms with Crippen molar-refractivity contribution < 1.29 is 18.6 Å². The third-order valence-corrected chi connectivity index (χ3v) is 3.42. The second-order valence-electron chi connectivity index (χ2n) is 5.35. The summed E-state index contributed by atoms with van der Waals surface area (Å²) in [6.07, 6.45) is 0. The lowest BCUT2D eigenvalue weighted by molar-refractivity contribution is 0.332. The van der Waals surface area contributed by atoms with E-state index >= 15 is 0 Å². The van der Waals surface area contributed by atoms with Crippen LogP contribution in [0, 0.1) is 5.82 Å². The highest BCUT2D eigenvalue weighted by molar-refractivity contribution is 14.0. The van der Waals surface area contributed by atoms with Crippen molar-refractivity contribution in [1.29, 1.82) is 0 Å². The number of hydrogen-bond donors (Lipinski definition) is 2. The molecule has 0 heterocycles. The molecule has 0 atom stereocenters. The van der Waals surface area contributed by atoms with E-state index in [1.54, 1.807) is 12.1 Å². The number of benzene rings is 2. The largest absolute Gasteiger partial charge is 0.497 e. The van der Waals surface area contributed by atoms with Gasteiger partial charge in [0.25, 0.3) is 0 Å². The van der Waals surface area contributed by atoms with E-state index < -0.39 is 0 Å². The van der Waals surface area contributed by atoms with Crippen LogP contribution in [0.1, 0.15) is 19.4 Å². The second-order valence-corrected chi connectivity index (χ2v) is 5.35. The highest BCUT2D eigenvalue weighted by Gasteiger charge is 2.07. The summed E-state index contributed by atoms with van der Waals surface area (Å²) in [5.74, 6) is 1.57. The molecule has 3 N–H and O–H groups in total. The van der Waals surface area contributed by atoms with Gasteiger partial charge in [0.05, 0.1) is 32.6 Å². The molecule has 0 fully saturated rings. The number of hydrogen-bond acceptors (Lipinski definition) is 4. The van der Waals surface area contributed by atoms with E-state index in [0.717, 1.165) is 0 Å². The van der Waals surface area contributed by atoms with Crippen molar-refractivity contribution in [2.45, 2.75) is 20.4 Å². The SMILES string of the molecule is CCOc1ccc(OCC)c(NC(N)=NCc2cc(F)cc(OC)c2)c1.I. The Morgan fingerprint density at radius 3 is 2.48 bits per heavy atom. The number of nitrogens with two attached hydrogens (primary N) is 1. The van der Waals surface area contributed by atoms with Gasteiger partial charge in [0.15, 0.2) is 5.96 Å². The van der Waals surface area contributed by atoms with Crippen LogP contribution in [0.4, 0.5) is 10.1 Å². The van der Waals surface area contributed by atoms with Gasteiger partial charge in [-0.3, -0.25) is 0 Å². The maximum atomic E-state index is 13.5. The molecule has 0 saturated heterocycles. The van der Waals surface area contributed by atoms with Gasteiger partial charge in [0, 0.05) is 12.1 Å². The number of guanidine groups is 1. The van der Waals surface area contributed by atoms with Crippen LogP contribution in [0.5, 0.6) is 17.2 Å². The molecule has 27 heavy (non-hydrogen) atoms. The molecular weight excluding hydrogens is 464 g/mol. The fourth-order valence-electron chi connectivity index (χ4n) is 2.33. The molecule has 0 aliphatic rings. The number of halogens is 2. The lowest BCUT2D eigenvalue weighted by Crippen LogP contribution is -2.23. The molecule has 2 aromatic carbocycles. The van der Waals surface area contributed by atoms with Crippen molar-refractivity contribution in [2.24, 2.45) is 10.7 Å². The Morgan fingerprint density at radius 2 is 1.81 bits per heavy atom. The zero-order valence-electron chi connectivity index (χ0n) is 15.6. The summed E-state index contributed by atoms with van der Waals surface area (Å²) in [6, 6.07) is 9.83. The predicted octanol–water partition coefficient (Wildman–Crippen LogP) is 4.18. The number of ether oxygens (including phenoxy) is 3. The van der Waals surface area contributed by atoms with Gasteiger partial charge in [-0.2, -0.15) is 0 Å². The van der Waals surface area contributed by atoms with Gasteiger partial charge in [0.2, 0.25) is 0 Å². The number of rotatable bonds is 8. The molecule has 6 nitrogen and oxygen atoms in total. The van der Waals surface area contributed by atoms with Crippen molar-refractivity contribution in [3.8, 4) is 17.2 Å². The van der Waals surface area contributed by atoms with Gasteiger partial charge in [0.1, 0.15) is 23.1 Å². The molecule has 8 heteroatoms. The van der Waals surface area contributed by atoms with Crippen LogP contribution in [0.25, 0.3) is 0 Å². The molecule has 0 amide bonds. The molecule has 0 unspecified atom stereocenters. The zero-order chi connectivity index (χ0) is 18.9. The van der Waals surface area contributed by atoms with Gasteiger partial charge >= 0.3 is 0 Å². The molecular formula is C19H25FIN3O3. The quantitative estimate of drug-likeness (QED) is 0.331. The fraction of sp³-hybridized carbons (Fsp3) is 0.316. The molecule has 2 aromatic rings. The topological polar surface area (TPSA) is 78.1 Å².